The summed E-state index contributed by atoms with van der Waals surface area (Å²) in [6.07, 6.45) is -2.65. The average Bonchev–Trinajstić information content (AvgIpc) is 2.74. The molecule has 10 nitrogen and oxygen atoms in total. The number of carboxylic acid groups (broad SMARTS) is 1. The first kappa shape index (κ1) is 16.1. The number of aromatic nitrogens is 2. The van der Waals surface area contributed by atoms with Crippen LogP contribution >= 0.6 is 0 Å². The van der Waals surface area contributed by atoms with Crippen LogP contribution in [-0.4, -0.2) is 60.9 Å². The van der Waals surface area contributed by atoms with Crippen LogP contribution in [0.15, 0.2) is 21.9 Å². The van der Waals surface area contributed by atoms with Gasteiger partial charge in [0.1, 0.15) is 18.3 Å². The van der Waals surface area contributed by atoms with E-state index >= 15 is 0 Å². The minimum atomic E-state index is -1.50. The zero-order valence-electron chi connectivity index (χ0n) is 11.1. The van der Waals surface area contributed by atoms with Crippen LogP contribution < -0.4 is 11.2 Å². The van der Waals surface area contributed by atoms with Crippen LogP contribution in [0.4, 0.5) is 0 Å². The Kier molecular flexibility index (Phi) is 4.56. The highest BCUT2D eigenvalue weighted by molar-refractivity contribution is 5.85. The molecule has 5 N–H and O–H groups in total. The number of rotatable bonds is 4. The Morgan fingerprint density at radius 3 is 2.59 bits per heavy atom. The van der Waals surface area contributed by atoms with E-state index < -0.39 is 48.4 Å². The minimum absolute atomic E-state index is 0.153. The lowest BCUT2D eigenvalue weighted by atomic mass is 10.1. The van der Waals surface area contributed by atoms with E-state index in [0.717, 1.165) is 16.8 Å². The van der Waals surface area contributed by atoms with Crippen molar-refractivity contribution in [2.45, 2.75) is 24.5 Å². The summed E-state index contributed by atoms with van der Waals surface area (Å²) < 4.78 is 5.98. The summed E-state index contributed by atoms with van der Waals surface area (Å²) in [4.78, 5) is 35.8. The Morgan fingerprint density at radius 2 is 2.05 bits per heavy atom. The molecule has 1 fully saturated rings. The molecule has 1 aliphatic rings. The lowest BCUT2D eigenvalue weighted by Gasteiger charge is -2.17. The van der Waals surface area contributed by atoms with E-state index in [2.05, 4.69) is 0 Å². The molecule has 120 valence electrons. The molecule has 10 heteroatoms. The van der Waals surface area contributed by atoms with Gasteiger partial charge < -0.3 is 25.2 Å². The maximum atomic E-state index is 11.8. The first-order chi connectivity index (χ1) is 10.3. The summed E-state index contributed by atoms with van der Waals surface area (Å²) in [5, 5.41) is 37.1. The Labute approximate surface area is 122 Å². The Morgan fingerprint density at radius 1 is 1.36 bits per heavy atom. The van der Waals surface area contributed by atoms with Crippen molar-refractivity contribution in [3.8, 4) is 0 Å². The first-order valence-corrected chi connectivity index (χ1v) is 6.24. The molecule has 0 aromatic carbocycles. The number of nitrogens with zero attached hydrogens (tertiary/aromatic N) is 1. The molecule has 1 aromatic heterocycles. The monoisotopic (exact) mass is 314 g/mol. The van der Waals surface area contributed by atoms with Gasteiger partial charge in [0, 0.05) is 12.3 Å². The third-order valence-electron chi connectivity index (χ3n) is 3.19. The van der Waals surface area contributed by atoms with Crippen molar-refractivity contribution in [3.05, 3.63) is 38.7 Å². The van der Waals surface area contributed by atoms with Crippen molar-refractivity contribution < 1.29 is 30.0 Å². The Balaban J connectivity index is 2.44. The van der Waals surface area contributed by atoms with Gasteiger partial charge in [-0.1, -0.05) is 0 Å². The van der Waals surface area contributed by atoms with Gasteiger partial charge in [-0.05, 0) is 6.08 Å². The van der Waals surface area contributed by atoms with Crippen molar-refractivity contribution in [2.24, 2.45) is 0 Å². The van der Waals surface area contributed by atoms with Crippen molar-refractivity contribution in [1.29, 1.82) is 0 Å². The van der Waals surface area contributed by atoms with Gasteiger partial charge in [-0.25, -0.2) is 9.59 Å². The standard InChI is InChI=1S/C12H14N2O8/c15-4-6-8(18)9(19)11(22-6)14-3-5(1-2-7(16)17)10(20)13-12(14)21/h1-3,6,8-9,11,15,18-19H,4H2,(H,16,17)(H,13,20,21)/b2-1-/t6-,8?,9?,11-/m1/s1. The summed E-state index contributed by atoms with van der Waals surface area (Å²) >= 11 is 0. The SMILES string of the molecule is O=C(O)/C=C\c1cn([C@@H]2O[C@H](CO)C(O)C2O)c(=O)[nH]c1=O. The molecule has 22 heavy (non-hydrogen) atoms. The summed E-state index contributed by atoms with van der Waals surface area (Å²) in [5.74, 6) is -1.29. The van der Waals surface area contributed by atoms with Crippen LogP contribution in [0, 0.1) is 0 Å². The minimum Gasteiger partial charge on any atom is -0.478 e. The highest BCUT2D eigenvalue weighted by Crippen LogP contribution is 2.27. The number of carboxylic acids is 1. The summed E-state index contributed by atoms with van der Waals surface area (Å²) in [6, 6.07) is 0. The molecule has 0 amide bonds. The molecule has 1 saturated heterocycles. The smallest absolute Gasteiger partial charge is 0.330 e. The second kappa shape index (κ2) is 6.23. The number of hydrogen-bond acceptors (Lipinski definition) is 7. The molecule has 1 aromatic rings. The third kappa shape index (κ3) is 2.99. The van der Waals surface area contributed by atoms with E-state index in [1.165, 1.54) is 0 Å². The number of aliphatic carboxylic acids is 1. The highest BCUT2D eigenvalue weighted by atomic mass is 16.6. The molecule has 2 heterocycles. The van der Waals surface area contributed by atoms with E-state index in [0.29, 0.717) is 6.08 Å². The fourth-order valence-electron chi connectivity index (χ4n) is 2.08. The van der Waals surface area contributed by atoms with Gasteiger partial charge >= 0.3 is 11.7 Å². The zero-order chi connectivity index (χ0) is 16.4. The molecular weight excluding hydrogens is 300 g/mol. The predicted molar refractivity (Wildman–Crippen MR) is 71.0 cm³/mol. The predicted octanol–water partition coefficient (Wildman–Crippen LogP) is -2.75. The number of nitrogens with one attached hydrogen (secondary N) is 1. The largest absolute Gasteiger partial charge is 0.478 e. The van der Waals surface area contributed by atoms with Crippen LogP contribution in [0.1, 0.15) is 11.8 Å². The molecule has 0 spiro atoms. The van der Waals surface area contributed by atoms with Crippen LogP contribution in [-0.2, 0) is 9.53 Å². The van der Waals surface area contributed by atoms with Crippen LogP contribution in [0.5, 0.6) is 0 Å². The second-order valence-corrected chi connectivity index (χ2v) is 4.65. The van der Waals surface area contributed by atoms with Crippen molar-refractivity contribution in [1.82, 2.24) is 9.55 Å². The van der Waals surface area contributed by atoms with Crippen molar-refractivity contribution in [2.75, 3.05) is 6.61 Å². The molecule has 4 atom stereocenters. The van der Waals surface area contributed by atoms with E-state index in [-0.39, 0.29) is 5.56 Å². The maximum absolute atomic E-state index is 11.8. The topological polar surface area (TPSA) is 162 Å². The highest BCUT2D eigenvalue weighted by Gasteiger charge is 2.43. The molecule has 0 saturated carbocycles. The maximum Gasteiger partial charge on any atom is 0.330 e. The molecule has 2 rings (SSSR count). The van der Waals surface area contributed by atoms with Gasteiger partial charge in [-0.3, -0.25) is 14.3 Å². The fraction of sp³-hybridized carbons (Fsp3) is 0.417. The lowest BCUT2D eigenvalue weighted by Crippen LogP contribution is -2.38. The number of aromatic amines is 1. The Hall–Kier alpha value is -2.27. The molecule has 2 unspecified atom stereocenters. The van der Waals surface area contributed by atoms with E-state index in [4.69, 9.17) is 14.9 Å². The van der Waals surface area contributed by atoms with Gasteiger partial charge in [0.05, 0.1) is 12.2 Å². The third-order valence-corrected chi connectivity index (χ3v) is 3.19. The first-order valence-electron chi connectivity index (χ1n) is 6.24. The lowest BCUT2D eigenvalue weighted by molar-refractivity contribution is -0.131. The van der Waals surface area contributed by atoms with Gasteiger partial charge in [0.15, 0.2) is 6.23 Å². The van der Waals surface area contributed by atoms with Crippen molar-refractivity contribution in [3.63, 3.8) is 0 Å². The summed E-state index contributed by atoms with van der Waals surface area (Å²) in [5.41, 5.74) is -1.88. The van der Waals surface area contributed by atoms with E-state index in [9.17, 15) is 24.6 Å². The normalized spacial score (nSPS) is 28.3. The van der Waals surface area contributed by atoms with Gasteiger partial charge in [0.25, 0.3) is 5.56 Å². The number of H-pyrrole nitrogens is 1. The fourth-order valence-corrected chi connectivity index (χ4v) is 2.08. The number of carbonyl (C=O) groups is 1. The van der Waals surface area contributed by atoms with Crippen molar-refractivity contribution >= 4 is 12.0 Å². The quantitative estimate of drug-likeness (QED) is 0.373. The number of ether oxygens (including phenoxy) is 1. The number of aliphatic hydroxyl groups excluding tert-OH is 3. The van der Waals surface area contributed by atoms with Crippen LogP contribution in [0.3, 0.4) is 0 Å². The average molecular weight is 314 g/mol. The summed E-state index contributed by atoms with van der Waals surface area (Å²) in [7, 11) is 0. The Bertz CT molecular complexity index is 706. The van der Waals surface area contributed by atoms with E-state index in [1.54, 1.807) is 0 Å². The molecule has 0 aliphatic carbocycles. The number of aliphatic hydroxyl groups is 3. The van der Waals surface area contributed by atoms with Gasteiger partial charge in [0.2, 0.25) is 0 Å². The molecule has 1 aliphatic heterocycles. The molecular formula is C12H14N2O8. The molecule has 0 radical (unpaired) electrons. The zero-order valence-corrected chi connectivity index (χ0v) is 11.1. The second-order valence-electron chi connectivity index (χ2n) is 4.65. The molecule has 0 bridgehead atoms. The number of hydrogen-bond donors (Lipinski definition) is 5. The van der Waals surface area contributed by atoms with Gasteiger partial charge in [-0.2, -0.15) is 0 Å². The van der Waals surface area contributed by atoms with Crippen LogP contribution in [0.2, 0.25) is 0 Å². The van der Waals surface area contributed by atoms with E-state index in [1.807, 2.05) is 4.98 Å². The summed E-state index contributed by atoms with van der Waals surface area (Å²) in [6.45, 7) is -0.571. The van der Waals surface area contributed by atoms with Gasteiger partial charge in [-0.15, -0.1) is 0 Å². The van der Waals surface area contributed by atoms with Crippen LogP contribution in [0.25, 0.3) is 6.08 Å².